The fourth-order valence-corrected chi connectivity index (χ4v) is 6.41. The van der Waals surface area contributed by atoms with E-state index in [1.807, 2.05) is 0 Å². The summed E-state index contributed by atoms with van der Waals surface area (Å²) in [5, 5.41) is 123. The van der Waals surface area contributed by atoms with Gasteiger partial charge in [0.05, 0.1) is 6.61 Å². The molecular formula is C39H38O23. The highest BCUT2D eigenvalue weighted by atomic mass is 16.8. The first-order valence-electron chi connectivity index (χ1n) is 18.2. The summed E-state index contributed by atoms with van der Waals surface area (Å²) in [6.07, 6.45) is -19.6. The van der Waals surface area contributed by atoms with Crippen LogP contribution in [0.1, 0.15) is 12.0 Å². The van der Waals surface area contributed by atoms with E-state index >= 15 is 0 Å². The summed E-state index contributed by atoms with van der Waals surface area (Å²) < 4.78 is 39.4. The molecule has 3 heterocycles. The molecule has 4 unspecified atom stereocenters. The molecule has 6 rings (SSSR count). The first kappa shape index (κ1) is 44.8. The van der Waals surface area contributed by atoms with E-state index in [1.54, 1.807) is 0 Å². The van der Waals surface area contributed by atoms with E-state index in [-0.39, 0.29) is 11.1 Å². The molecule has 4 aromatic rings. The first-order valence-corrected chi connectivity index (χ1v) is 18.2. The van der Waals surface area contributed by atoms with Crippen LogP contribution in [0.15, 0.2) is 63.8 Å². The lowest BCUT2D eigenvalue weighted by molar-refractivity contribution is -0.358. The van der Waals surface area contributed by atoms with Gasteiger partial charge in [-0.15, -0.1) is 0 Å². The van der Waals surface area contributed by atoms with Crippen molar-refractivity contribution in [2.75, 3.05) is 13.2 Å². The predicted octanol–water partition coefficient (Wildman–Crippen LogP) is -1.01. The van der Waals surface area contributed by atoms with Gasteiger partial charge in [-0.25, -0.2) is 4.79 Å². The Morgan fingerprint density at radius 2 is 1.37 bits per heavy atom. The molecule has 0 spiro atoms. The number of fused-ring (bicyclic) bond motifs is 1. The standard InChI is InChI=1S/C39H38O23/c40-12-23-29(51)32(54)36(60-26(49)6-2-14-1-4-17(42)19(44)7-14)38(58-23)62-37-33(55)30(52)24(13-56-27(50)11-25(47)48)59-39(37)61-35-31(53)28-21(46)9-16(41)10-22(28)57-34(35)15-3-5-18(43)20(45)8-15/h1-10,23-24,29-30,32-33,36-46,51-52,54-55H,11-13H2,(H,47,48)/b6-2+/t23?,24?,29-,30-,32+,33+,36?,37?,38+,39+/m1/s1. The zero-order valence-electron chi connectivity index (χ0n) is 31.5. The number of benzene rings is 3. The number of carbonyl (C=O) groups is 3. The highest BCUT2D eigenvalue weighted by Gasteiger charge is 2.53. The monoisotopic (exact) mass is 874 g/mol. The summed E-state index contributed by atoms with van der Waals surface area (Å²) in [7, 11) is 0. The summed E-state index contributed by atoms with van der Waals surface area (Å²) in [6.45, 7) is -1.93. The molecule has 0 saturated carbocycles. The first-order chi connectivity index (χ1) is 29.4. The third kappa shape index (κ3) is 9.59. The molecule has 23 heteroatoms. The quantitative estimate of drug-likeness (QED) is 0.0331. The third-order valence-corrected chi connectivity index (χ3v) is 9.52. The van der Waals surface area contributed by atoms with Crippen molar-refractivity contribution in [3.63, 3.8) is 0 Å². The van der Waals surface area contributed by atoms with E-state index in [0.29, 0.717) is 0 Å². The molecule has 332 valence electrons. The average molecular weight is 875 g/mol. The van der Waals surface area contributed by atoms with E-state index in [4.69, 9.17) is 37.9 Å². The van der Waals surface area contributed by atoms with E-state index in [9.17, 15) is 75.3 Å². The Hall–Kier alpha value is -6.70. The number of esters is 2. The minimum Gasteiger partial charge on any atom is -0.508 e. The van der Waals surface area contributed by atoms with Crippen LogP contribution in [0.5, 0.6) is 40.2 Å². The van der Waals surface area contributed by atoms with Crippen molar-refractivity contribution in [2.45, 2.75) is 67.8 Å². The molecule has 3 aromatic carbocycles. The topological polar surface area (TPSA) is 380 Å². The van der Waals surface area contributed by atoms with Gasteiger partial charge in [0.1, 0.15) is 72.1 Å². The summed E-state index contributed by atoms with van der Waals surface area (Å²) in [5.41, 5.74) is -1.63. The van der Waals surface area contributed by atoms with Crippen molar-refractivity contribution in [1.29, 1.82) is 0 Å². The van der Waals surface area contributed by atoms with Gasteiger partial charge in [0.15, 0.2) is 47.3 Å². The SMILES string of the molecule is O=C(O)CC(=O)OCC1O[C@@H](Oc2c(-c3ccc(O)c(O)c3)oc3cc(O)cc(O)c3c2=O)C(O[C@@H]2OC(CO)[C@@H](O)[C@H](O)C2OC(=O)/C=C/c2ccc(O)c(O)c2)[C@@H](O)[C@@H]1O. The van der Waals surface area contributed by atoms with Crippen molar-refractivity contribution in [2.24, 2.45) is 0 Å². The Morgan fingerprint density at radius 3 is 2.03 bits per heavy atom. The van der Waals surface area contributed by atoms with Crippen LogP contribution in [0.3, 0.4) is 0 Å². The van der Waals surface area contributed by atoms with Crippen molar-refractivity contribution in [3.8, 4) is 51.6 Å². The molecule has 2 fully saturated rings. The highest BCUT2D eigenvalue weighted by molar-refractivity contribution is 5.90. The van der Waals surface area contributed by atoms with Crippen LogP contribution in [0.4, 0.5) is 0 Å². The maximum Gasteiger partial charge on any atom is 0.331 e. The van der Waals surface area contributed by atoms with Gasteiger partial charge in [-0.1, -0.05) is 6.07 Å². The number of phenolic OH excluding ortho intramolecular Hbond substituents is 6. The number of phenols is 6. The number of aliphatic carboxylic acids is 1. The maximum atomic E-state index is 14.2. The molecule has 12 N–H and O–H groups in total. The van der Waals surface area contributed by atoms with Gasteiger partial charge in [0.2, 0.25) is 17.5 Å². The van der Waals surface area contributed by atoms with Gasteiger partial charge < -0.3 is 94.1 Å². The van der Waals surface area contributed by atoms with Crippen molar-refractivity contribution < 1.29 is 109 Å². The number of carboxylic acids is 1. The van der Waals surface area contributed by atoms with E-state index < -0.39 is 161 Å². The number of aromatic hydroxyl groups is 6. The second-order valence-electron chi connectivity index (χ2n) is 13.8. The van der Waals surface area contributed by atoms with Gasteiger partial charge >= 0.3 is 17.9 Å². The molecule has 2 saturated heterocycles. The number of aliphatic hydroxyl groups excluding tert-OH is 5. The Kier molecular flexibility index (Phi) is 13.4. The fraction of sp³-hybridized carbons (Fsp3) is 0.333. The molecule has 62 heavy (non-hydrogen) atoms. The Morgan fingerprint density at radius 1 is 0.726 bits per heavy atom. The molecular weight excluding hydrogens is 836 g/mol. The number of carbonyl (C=O) groups excluding carboxylic acids is 2. The number of aliphatic hydroxyl groups is 5. The van der Waals surface area contributed by atoms with Crippen LogP contribution in [0.25, 0.3) is 28.4 Å². The lowest BCUT2D eigenvalue weighted by Crippen LogP contribution is -2.65. The summed E-state index contributed by atoms with van der Waals surface area (Å²) in [6, 6.07) is 8.30. The number of hydrogen-bond acceptors (Lipinski definition) is 22. The van der Waals surface area contributed by atoms with Crippen LogP contribution in [-0.2, 0) is 38.1 Å². The smallest absolute Gasteiger partial charge is 0.331 e. The molecule has 1 aromatic heterocycles. The van der Waals surface area contributed by atoms with Crippen molar-refractivity contribution in [1.82, 2.24) is 0 Å². The van der Waals surface area contributed by atoms with Gasteiger partial charge in [-0.05, 0) is 42.0 Å². The van der Waals surface area contributed by atoms with E-state index in [0.717, 1.165) is 54.6 Å². The minimum absolute atomic E-state index is 0.189. The predicted molar refractivity (Wildman–Crippen MR) is 200 cm³/mol. The van der Waals surface area contributed by atoms with Crippen LogP contribution in [-0.4, -0.2) is 154 Å². The molecule has 23 nitrogen and oxygen atoms in total. The largest absolute Gasteiger partial charge is 0.508 e. The van der Waals surface area contributed by atoms with Gasteiger partial charge in [-0.2, -0.15) is 0 Å². The number of carboxylic acid groups (broad SMARTS) is 1. The molecule has 0 bridgehead atoms. The summed E-state index contributed by atoms with van der Waals surface area (Å²) >= 11 is 0. The average Bonchev–Trinajstić information content (AvgIpc) is 3.21. The van der Waals surface area contributed by atoms with Crippen LogP contribution in [0.2, 0.25) is 0 Å². The second-order valence-corrected chi connectivity index (χ2v) is 13.8. The fourth-order valence-electron chi connectivity index (χ4n) is 6.41. The second kappa shape index (κ2) is 18.5. The molecule has 10 atom stereocenters. The van der Waals surface area contributed by atoms with Crippen LogP contribution < -0.4 is 10.2 Å². The zero-order chi connectivity index (χ0) is 45.2. The molecule has 2 aliphatic rings. The molecule has 2 aliphatic heterocycles. The Balaban J connectivity index is 1.41. The Labute approximate surface area is 346 Å². The van der Waals surface area contributed by atoms with Crippen LogP contribution >= 0.6 is 0 Å². The lowest BCUT2D eigenvalue weighted by atomic mass is 9.97. The summed E-state index contributed by atoms with van der Waals surface area (Å²) in [5.74, 6) is -9.28. The highest BCUT2D eigenvalue weighted by Crippen LogP contribution is 2.40. The van der Waals surface area contributed by atoms with Gasteiger partial charge in [-0.3, -0.25) is 14.4 Å². The van der Waals surface area contributed by atoms with E-state index in [1.165, 1.54) is 6.07 Å². The van der Waals surface area contributed by atoms with Crippen LogP contribution in [0, 0.1) is 0 Å². The molecule has 0 radical (unpaired) electrons. The number of ether oxygens (including phenoxy) is 6. The molecule has 0 amide bonds. The number of rotatable bonds is 13. The van der Waals surface area contributed by atoms with Crippen molar-refractivity contribution >= 4 is 35.0 Å². The van der Waals surface area contributed by atoms with Crippen molar-refractivity contribution in [3.05, 3.63) is 70.4 Å². The summed E-state index contributed by atoms with van der Waals surface area (Å²) in [4.78, 5) is 50.4. The normalized spacial score (nSPS) is 26.3. The lowest BCUT2D eigenvalue weighted by Gasteiger charge is -2.46. The molecule has 0 aliphatic carbocycles. The number of hydrogen-bond donors (Lipinski definition) is 12. The third-order valence-electron chi connectivity index (χ3n) is 9.52. The van der Waals surface area contributed by atoms with Gasteiger partial charge in [0.25, 0.3) is 0 Å². The van der Waals surface area contributed by atoms with E-state index in [2.05, 4.69) is 0 Å². The maximum absolute atomic E-state index is 14.2. The Bertz CT molecular complexity index is 2410. The van der Waals surface area contributed by atoms with Gasteiger partial charge in [0, 0.05) is 23.8 Å². The zero-order valence-corrected chi connectivity index (χ0v) is 31.5. The minimum atomic E-state index is -2.26.